The Labute approximate surface area is 144 Å². The summed E-state index contributed by atoms with van der Waals surface area (Å²) in [4.78, 5) is 28.2. The first-order valence-electron chi connectivity index (χ1n) is 8.68. The predicted octanol–water partition coefficient (Wildman–Crippen LogP) is 2.09. The summed E-state index contributed by atoms with van der Waals surface area (Å²) in [6.45, 7) is 2.13. The maximum atomic E-state index is 14.4. The summed E-state index contributed by atoms with van der Waals surface area (Å²) >= 11 is 0. The minimum Gasteiger partial charge on any atom is -0.351 e. The molecule has 1 aromatic rings. The van der Waals surface area contributed by atoms with Crippen LogP contribution in [-0.4, -0.2) is 58.9 Å². The molecule has 0 N–H and O–H groups in total. The van der Waals surface area contributed by atoms with Gasteiger partial charge in [0.05, 0.1) is 17.7 Å². The van der Waals surface area contributed by atoms with Crippen molar-refractivity contribution in [1.29, 1.82) is 0 Å². The van der Waals surface area contributed by atoms with Crippen molar-refractivity contribution < 1.29 is 22.9 Å². The fourth-order valence-electron chi connectivity index (χ4n) is 4.06. The van der Waals surface area contributed by atoms with Crippen LogP contribution in [0.4, 0.5) is 8.78 Å². The van der Waals surface area contributed by atoms with Gasteiger partial charge in [0, 0.05) is 32.1 Å². The second kappa shape index (κ2) is 5.51. The van der Waals surface area contributed by atoms with Gasteiger partial charge >= 0.3 is 0 Å². The van der Waals surface area contributed by atoms with E-state index in [1.54, 1.807) is 11.8 Å². The zero-order valence-electron chi connectivity index (χ0n) is 14.1. The van der Waals surface area contributed by atoms with Crippen molar-refractivity contribution in [3.63, 3.8) is 0 Å². The Hall–Kier alpha value is -1.99. The highest BCUT2D eigenvalue weighted by Gasteiger charge is 2.58. The topological polar surface area (TPSA) is 66.7 Å². The number of nitrogens with zero attached hydrogens (tertiary/aromatic N) is 3. The molecular formula is C17H21F2N3O3. The van der Waals surface area contributed by atoms with Crippen LogP contribution < -0.4 is 0 Å². The van der Waals surface area contributed by atoms with Gasteiger partial charge in [0.15, 0.2) is 0 Å². The predicted molar refractivity (Wildman–Crippen MR) is 83.1 cm³/mol. The number of hydrogen-bond donors (Lipinski definition) is 0. The summed E-state index contributed by atoms with van der Waals surface area (Å²) in [7, 11) is 0. The first-order valence-corrected chi connectivity index (χ1v) is 8.68. The lowest BCUT2D eigenvalue weighted by molar-refractivity contribution is -0.151. The summed E-state index contributed by atoms with van der Waals surface area (Å²) in [5, 5.41) is 3.64. The molecule has 1 aliphatic carbocycles. The molecule has 2 saturated heterocycles. The Morgan fingerprint density at radius 1 is 1.40 bits per heavy atom. The van der Waals surface area contributed by atoms with E-state index in [0.29, 0.717) is 31.1 Å². The molecule has 0 bridgehead atoms. The van der Waals surface area contributed by atoms with E-state index in [-0.39, 0.29) is 18.2 Å². The van der Waals surface area contributed by atoms with Crippen LogP contribution in [0.25, 0.3) is 0 Å². The fourth-order valence-corrected chi connectivity index (χ4v) is 4.06. The molecule has 1 spiro atoms. The average molecular weight is 353 g/mol. The third-order valence-electron chi connectivity index (χ3n) is 5.42. The number of hydrogen-bond acceptors (Lipinski definition) is 4. The van der Waals surface area contributed by atoms with Crippen molar-refractivity contribution in [3.05, 3.63) is 17.5 Å². The van der Waals surface area contributed by atoms with Crippen molar-refractivity contribution in [2.24, 2.45) is 11.3 Å². The summed E-state index contributed by atoms with van der Waals surface area (Å²) < 4.78 is 33.7. The number of aromatic nitrogens is 1. The van der Waals surface area contributed by atoms with Gasteiger partial charge in [0.25, 0.3) is 11.8 Å². The highest BCUT2D eigenvalue weighted by atomic mass is 19.3. The monoisotopic (exact) mass is 353 g/mol. The van der Waals surface area contributed by atoms with Crippen LogP contribution >= 0.6 is 0 Å². The molecule has 1 saturated carbocycles. The molecule has 8 heteroatoms. The second-order valence-corrected chi connectivity index (χ2v) is 7.75. The van der Waals surface area contributed by atoms with Crippen LogP contribution in [0.5, 0.6) is 0 Å². The largest absolute Gasteiger partial charge is 0.351 e. The van der Waals surface area contributed by atoms with E-state index in [1.807, 2.05) is 0 Å². The summed E-state index contributed by atoms with van der Waals surface area (Å²) in [6.07, 6.45) is 2.08. The van der Waals surface area contributed by atoms with Gasteiger partial charge in [-0.2, -0.15) is 0 Å². The molecular weight excluding hydrogens is 332 g/mol. The van der Waals surface area contributed by atoms with Crippen LogP contribution in [0, 0.1) is 18.3 Å². The van der Waals surface area contributed by atoms with Gasteiger partial charge < -0.3 is 14.3 Å². The van der Waals surface area contributed by atoms with Crippen LogP contribution in [-0.2, 0) is 4.79 Å². The molecule has 6 nitrogen and oxygen atoms in total. The van der Waals surface area contributed by atoms with Crippen molar-refractivity contribution in [1.82, 2.24) is 15.0 Å². The summed E-state index contributed by atoms with van der Waals surface area (Å²) in [5.41, 5.74) is -0.671. The highest BCUT2D eigenvalue weighted by Crippen LogP contribution is 2.46. The molecule has 0 aromatic carbocycles. The third kappa shape index (κ3) is 3.02. The zero-order chi connectivity index (χ0) is 17.8. The zero-order valence-corrected chi connectivity index (χ0v) is 14.1. The molecule has 3 fully saturated rings. The number of halogens is 2. The van der Waals surface area contributed by atoms with E-state index in [1.165, 1.54) is 6.07 Å². The third-order valence-corrected chi connectivity index (χ3v) is 5.42. The first-order chi connectivity index (χ1) is 11.8. The van der Waals surface area contributed by atoms with E-state index in [4.69, 9.17) is 4.52 Å². The molecule has 0 unspecified atom stereocenters. The SMILES string of the molecule is Cc1cc(C(=O)N2CC(F)(F)C[C@@]3(CCN(CC4CC4)C3=O)C2)on1. The molecule has 1 atom stereocenters. The number of alkyl halides is 2. The number of piperidine rings is 1. The number of aryl methyl sites for hydroxylation is 1. The van der Waals surface area contributed by atoms with Gasteiger partial charge in [-0.15, -0.1) is 0 Å². The lowest BCUT2D eigenvalue weighted by Gasteiger charge is -2.42. The Kier molecular flexibility index (Phi) is 3.63. The van der Waals surface area contributed by atoms with Crippen molar-refractivity contribution >= 4 is 11.8 Å². The Bertz CT molecular complexity index is 716. The molecule has 1 aromatic heterocycles. The van der Waals surface area contributed by atoms with Gasteiger partial charge in [-0.1, -0.05) is 5.16 Å². The first kappa shape index (κ1) is 16.5. The maximum Gasteiger partial charge on any atom is 0.292 e. The number of carbonyl (C=O) groups is 2. The van der Waals surface area contributed by atoms with Gasteiger partial charge in [0.2, 0.25) is 11.7 Å². The van der Waals surface area contributed by atoms with E-state index in [9.17, 15) is 18.4 Å². The van der Waals surface area contributed by atoms with Gasteiger partial charge in [-0.25, -0.2) is 8.78 Å². The van der Waals surface area contributed by atoms with Crippen molar-refractivity contribution in [3.8, 4) is 0 Å². The van der Waals surface area contributed by atoms with Gasteiger partial charge in [0.1, 0.15) is 0 Å². The normalized spacial score (nSPS) is 28.8. The van der Waals surface area contributed by atoms with E-state index >= 15 is 0 Å². The van der Waals surface area contributed by atoms with Crippen molar-refractivity contribution in [2.75, 3.05) is 26.2 Å². The number of carbonyl (C=O) groups excluding carboxylic acids is 2. The maximum absolute atomic E-state index is 14.4. The fraction of sp³-hybridized carbons (Fsp3) is 0.706. The Morgan fingerprint density at radius 2 is 2.16 bits per heavy atom. The van der Waals surface area contributed by atoms with Crippen LogP contribution in [0.1, 0.15) is 41.9 Å². The van der Waals surface area contributed by atoms with E-state index < -0.39 is 30.2 Å². The Morgan fingerprint density at radius 3 is 2.80 bits per heavy atom. The summed E-state index contributed by atoms with van der Waals surface area (Å²) in [5.74, 6) is -3.50. The second-order valence-electron chi connectivity index (χ2n) is 7.75. The molecule has 3 heterocycles. The van der Waals surface area contributed by atoms with Crippen molar-refractivity contribution in [2.45, 2.75) is 38.5 Å². The number of rotatable bonds is 3. The smallest absolute Gasteiger partial charge is 0.292 e. The summed E-state index contributed by atoms with van der Waals surface area (Å²) in [6, 6.07) is 1.43. The molecule has 4 rings (SSSR count). The number of amides is 2. The molecule has 136 valence electrons. The number of likely N-dealkylation sites (tertiary alicyclic amines) is 2. The molecule has 25 heavy (non-hydrogen) atoms. The molecule has 2 aliphatic heterocycles. The van der Waals surface area contributed by atoms with Crippen LogP contribution in [0.3, 0.4) is 0 Å². The van der Waals surface area contributed by atoms with Crippen LogP contribution in [0.2, 0.25) is 0 Å². The Balaban J connectivity index is 1.56. The highest BCUT2D eigenvalue weighted by molar-refractivity contribution is 5.93. The molecule has 0 radical (unpaired) electrons. The van der Waals surface area contributed by atoms with E-state index in [0.717, 1.165) is 17.7 Å². The minimum atomic E-state index is -3.09. The lowest BCUT2D eigenvalue weighted by Crippen LogP contribution is -2.57. The molecule has 3 aliphatic rings. The average Bonchev–Trinajstić information content (AvgIpc) is 3.19. The minimum absolute atomic E-state index is 0.0151. The van der Waals surface area contributed by atoms with Crippen LogP contribution in [0.15, 0.2) is 10.6 Å². The van der Waals surface area contributed by atoms with E-state index in [2.05, 4.69) is 5.16 Å². The lowest BCUT2D eigenvalue weighted by atomic mass is 9.77. The quantitative estimate of drug-likeness (QED) is 0.835. The van der Waals surface area contributed by atoms with Gasteiger partial charge in [-0.05, 0) is 32.1 Å². The van der Waals surface area contributed by atoms with Gasteiger partial charge in [-0.3, -0.25) is 9.59 Å². The molecule has 2 amide bonds. The standard InChI is InChI=1S/C17H21F2N3O3/c1-11-6-13(25-20-11)14(23)22-9-16(8-17(18,19)10-22)4-5-21(15(16)24)7-12-2-3-12/h6,12H,2-5,7-10H2,1H3/t16-/m0/s1.